The summed E-state index contributed by atoms with van der Waals surface area (Å²) >= 11 is 0. The first-order chi connectivity index (χ1) is 14.5. The number of amides is 1. The average Bonchev–Trinajstić information content (AvgIpc) is 3.09. The zero-order valence-electron chi connectivity index (χ0n) is 17.0. The molecule has 14 nitrogen and oxygen atoms in total. The molecule has 1 aliphatic rings. The first-order valence-electron chi connectivity index (χ1n) is 9.27. The van der Waals surface area contributed by atoms with Crippen molar-refractivity contribution >= 4 is 17.8 Å². The molecule has 31 heavy (non-hydrogen) atoms. The second kappa shape index (κ2) is 9.91. The fourth-order valence-electron chi connectivity index (χ4n) is 2.96. The van der Waals surface area contributed by atoms with E-state index in [-0.39, 0.29) is 12.0 Å². The van der Waals surface area contributed by atoms with Gasteiger partial charge >= 0.3 is 23.5 Å². The molecule has 1 aromatic rings. The highest BCUT2D eigenvalue weighted by Crippen LogP contribution is 2.30. The maximum atomic E-state index is 12.1. The number of H-pyrrole nitrogens is 1. The predicted molar refractivity (Wildman–Crippen MR) is 103 cm³/mol. The summed E-state index contributed by atoms with van der Waals surface area (Å²) in [5, 5.41) is 14.7. The molecule has 3 N–H and O–H groups in total. The number of aryl methyl sites for hydroxylation is 1. The van der Waals surface area contributed by atoms with Gasteiger partial charge in [-0.1, -0.05) is 19.0 Å². The summed E-state index contributed by atoms with van der Waals surface area (Å²) in [5.74, 6) is -4.36. The van der Waals surface area contributed by atoms with Gasteiger partial charge in [0.1, 0.15) is 25.0 Å². The normalized spacial score (nSPS) is 21.2. The van der Waals surface area contributed by atoms with Crippen LogP contribution < -0.4 is 16.6 Å². The van der Waals surface area contributed by atoms with Gasteiger partial charge in [-0.3, -0.25) is 19.1 Å². The first kappa shape index (κ1) is 23.6. The molecular weight excluding hydrogens is 416 g/mol. The van der Waals surface area contributed by atoms with Crippen LogP contribution in [-0.2, 0) is 23.9 Å². The number of carbonyl (C=O) groups is 3. The third-order valence-corrected chi connectivity index (χ3v) is 4.64. The van der Waals surface area contributed by atoms with Crippen molar-refractivity contribution in [3.8, 4) is 0 Å². The lowest BCUT2D eigenvalue weighted by atomic mass is 10.1. The molecule has 2 rings (SSSR count). The number of hydrogen-bond donors (Lipinski definition) is 3. The van der Waals surface area contributed by atoms with E-state index in [1.54, 1.807) is 13.8 Å². The monoisotopic (exact) mass is 438 g/mol. The number of carbonyl (C=O) groups excluding carboxylic acids is 2. The Bertz CT molecular complexity index is 1020. The summed E-state index contributed by atoms with van der Waals surface area (Å²) in [5.41, 5.74) is 7.74. The van der Waals surface area contributed by atoms with Crippen LogP contribution in [0.25, 0.3) is 10.4 Å². The van der Waals surface area contributed by atoms with Gasteiger partial charge in [-0.05, 0) is 18.4 Å². The van der Waals surface area contributed by atoms with Gasteiger partial charge in [-0.2, -0.15) is 0 Å². The van der Waals surface area contributed by atoms with Crippen molar-refractivity contribution in [3.05, 3.63) is 43.0 Å². The molecule has 1 aliphatic heterocycles. The van der Waals surface area contributed by atoms with Crippen LogP contribution >= 0.6 is 0 Å². The summed E-state index contributed by atoms with van der Waals surface area (Å²) in [7, 11) is 0. The third kappa shape index (κ3) is 5.71. The third-order valence-electron chi connectivity index (χ3n) is 4.64. The van der Waals surface area contributed by atoms with Crippen LogP contribution in [0.5, 0.6) is 0 Å². The van der Waals surface area contributed by atoms with Gasteiger partial charge in [-0.15, -0.1) is 0 Å². The quantitative estimate of drug-likeness (QED) is 0.167. The van der Waals surface area contributed by atoms with Crippen LogP contribution in [0.2, 0.25) is 0 Å². The van der Waals surface area contributed by atoms with E-state index in [4.69, 9.17) is 20.1 Å². The Balaban J connectivity index is 2.07. The Morgan fingerprint density at radius 3 is 2.71 bits per heavy atom. The molecule has 0 radical (unpaired) electrons. The molecule has 0 aromatic carbocycles. The van der Waals surface area contributed by atoms with Crippen molar-refractivity contribution in [3.63, 3.8) is 0 Å². The number of carboxylic acids is 1. The molecule has 0 unspecified atom stereocenters. The topological polar surface area (TPSA) is 206 Å². The van der Waals surface area contributed by atoms with Crippen molar-refractivity contribution in [2.45, 2.75) is 51.6 Å². The number of ether oxygens (including phenoxy) is 2. The van der Waals surface area contributed by atoms with Gasteiger partial charge < -0.3 is 19.9 Å². The fourth-order valence-corrected chi connectivity index (χ4v) is 2.96. The molecule has 168 valence electrons. The predicted octanol–water partition coefficient (Wildman–Crippen LogP) is -0.420. The Morgan fingerprint density at radius 1 is 1.45 bits per heavy atom. The van der Waals surface area contributed by atoms with Gasteiger partial charge in [0.2, 0.25) is 0 Å². The van der Waals surface area contributed by atoms with Gasteiger partial charge in [0, 0.05) is 23.1 Å². The summed E-state index contributed by atoms with van der Waals surface area (Å²) in [4.78, 5) is 63.4. The van der Waals surface area contributed by atoms with Gasteiger partial charge in [0.05, 0.1) is 6.04 Å². The van der Waals surface area contributed by atoms with Crippen molar-refractivity contribution in [1.29, 1.82) is 0 Å². The van der Waals surface area contributed by atoms with Crippen molar-refractivity contribution in [1.82, 2.24) is 14.9 Å². The first-order valence-corrected chi connectivity index (χ1v) is 9.27. The lowest BCUT2D eigenvalue weighted by Gasteiger charge is -2.18. The molecule has 1 fully saturated rings. The largest absolute Gasteiger partial charge is 0.480 e. The number of azide groups is 1. The number of nitrogens with zero attached hydrogens (tertiary/aromatic N) is 4. The second-order valence-electron chi connectivity index (χ2n) is 7.25. The highest BCUT2D eigenvalue weighted by atomic mass is 16.6. The second-order valence-corrected chi connectivity index (χ2v) is 7.25. The van der Waals surface area contributed by atoms with Crippen LogP contribution in [0.3, 0.4) is 0 Å². The molecule has 0 aliphatic carbocycles. The highest BCUT2D eigenvalue weighted by Gasteiger charge is 2.38. The number of aromatic nitrogens is 2. The molecule has 0 spiro atoms. The maximum Gasteiger partial charge on any atom is 0.396 e. The minimum atomic E-state index is -1.34. The van der Waals surface area contributed by atoms with Gasteiger partial charge in [0.25, 0.3) is 5.56 Å². The van der Waals surface area contributed by atoms with E-state index in [1.807, 2.05) is 0 Å². The Hall–Kier alpha value is -3.64. The Kier molecular flexibility index (Phi) is 7.56. The van der Waals surface area contributed by atoms with Crippen LogP contribution in [0.4, 0.5) is 0 Å². The Morgan fingerprint density at radius 2 is 2.13 bits per heavy atom. The van der Waals surface area contributed by atoms with E-state index in [1.165, 1.54) is 13.1 Å². The molecule has 4 atom stereocenters. The van der Waals surface area contributed by atoms with E-state index < -0.39 is 66.0 Å². The number of carboxylic acid groups (broad SMARTS) is 1. The highest BCUT2D eigenvalue weighted by molar-refractivity contribution is 6.32. The zero-order valence-corrected chi connectivity index (χ0v) is 17.0. The van der Waals surface area contributed by atoms with E-state index >= 15 is 0 Å². The van der Waals surface area contributed by atoms with Crippen molar-refractivity contribution in [2.24, 2.45) is 11.0 Å². The van der Waals surface area contributed by atoms with Gasteiger partial charge in [-0.25, -0.2) is 14.4 Å². The van der Waals surface area contributed by atoms with Crippen molar-refractivity contribution < 1.29 is 29.0 Å². The van der Waals surface area contributed by atoms with E-state index in [0.29, 0.717) is 0 Å². The average molecular weight is 438 g/mol. The van der Waals surface area contributed by atoms with Gasteiger partial charge in [0.15, 0.2) is 0 Å². The van der Waals surface area contributed by atoms with Crippen LogP contribution in [0, 0.1) is 12.8 Å². The Labute approximate surface area is 174 Å². The fraction of sp³-hybridized carbons (Fsp3) is 0.588. The number of esters is 1. The summed E-state index contributed by atoms with van der Waals surface area (Å²) < 4.78 is 11.6. The van der Waals surface area contributed by atoms with E-state index in [0.717, 1.165) is 4.57 Å². The lowest BCUT2D eigenvalue weighted by molar-refractivity contribution is -0.159. The SMILES string of the molecule is Cc1cn([C@H]2C[C@H](N=[N+]=[N-])[C@@H](COC(=O)C(=O)N[C@H](C(=O)O)C(C)C)O2)c(=O)[nH]c1=O. The molecule has 1 aromatic heterocycles. The number of aliphatic carboxylic acids is 1. The molecule has 0 saturated carbocycles. The van der Waals surface area contributed by atoms with Crippen LogP contribution in [0.15, 0.2) is 20.9 Å². The number of aromatic amines is 1. The summed E-state index contributed by atoms with van der Waals surface area (Å²) in [6.45, 7) is 4.13. The van der Waals surface area contributed by atoms with E-state index in [9.17, 15) is 24.0 Å². The molecule has 0 bridgehead atoms. The minimum absolute atomic E-state index is 0.0539. The standard InChI is InChI=1S/C17H22N6O8/c1-7(2)12(15(26)27)19-14(25)16(28)30-6-10-9(21-22-18)4-11(31-10)23-5-8(3)13(24)20-17(23)29/h5,7,9-12H,4,6H2,1-3H3,(H,19,25)(H,26,27)(H,20,24,29)/t9-,10+,11+,12-/m0/s1. The van der Waals surface area contributed by atoms with Crippen LogP contribution in [0.1, 0.15) is 32.1 Å². The number of nitrogens with one attached hydrogen (secondary N) is 2. The summed E-state index contributed by atoms with van der Waals surface area (Å²) in [6, 6.07) is -2.11. The molecule has 14 heteroatoms. The smallest absolute Gasteiger partial charge is 0.396 e. The molecule has 1 amide bonds. The molecule has 2 heterocycles. The van der Waals surface area contributed by atoms with E-state index in [2.05, 4.69) is 20.3 Å². The summed E-state index contributed by atoms with van der Waals surface area (Å²) in [6.07, 6.45) is -0.539. The van der Waals surface area contributed by atoms with Crippen molar-refractivity contribution in [2.75, 3.05) is 6.61 Å². The zero-order chi connectivity index (χ0) is 23.3. The molecule has 1 saturated heterocycles. The van der Waals surface area contributed by atoms with Crippen LogP contribution in [-0.4, -0.2) is 57.3 Å². The molecular formula is C17H22N6O8. The minimum Gasteiger partial charge on any atom is -0.480 e. The number of rotatable bonds is 7. The lowest BCUT2D eigenvalue weighted by Crippen LogP contribution is -2.47. The maximum absolute atomic E-state index is 12.1. The number of hydrogen-bond acceptors (Lipinski definition) is 8.